The zero-order valence-electron chi connectivity index (χ0n) is 7.60. The standard InChI is InChI=1S/C11H10O2S/c12-14(13,11-6-7-11)9-8-10-4-2-1-3-5-10/h1-5,11H,6-7H2. The summed E-state index contributed by atoms with van der Waals surface area (Å²) in [4.78, 5) is 0. The van der Waals surface area contributed by atoms with Crippen molar-refractivity contribution >= 4 is 9.84 Å². The highest BCUT2D eigenvalue weighted by Crippen LogP contribution is 2.28. The molecule has 0 saturated heterocycles. The van der Waals surface area contributed by atoms with Gasteiger partial charge in [-0.25, -0.2) is 8.42 Å². The van der Waals surface area contributed by atoms with Crippen LogP contribution in [-0.4, -0.2) is 13.7 Å². The monoisotopic (exact) mass is 206 g/mol. The van der Waals surface area contributed by atoms with Crippen molar-refractivity contribution in [1.82, 2.24) is 0 Å². The number of hydrogen-bond acceptors (Lipinski definition) is 2. The first-order valence-corrected chi connectivity index (χ1v) is 6.05. The predicted molar refractivity (Wildman–Crippen MR) is 55.3 cm³/mol. The third kappa shape index (κ3) is 2.15. The van der Waals surface area contributed by atoms with Gasteiger partial charge in [0.05, 0.1) is 5.25 Å². The molecular formula is C11H10O2S. The molecule has 2 rings (SSSR count). The van der Waals surface area contributed by atoms with E-state index in [0.717, 1.165) is 18.4 Å². The molecule has 72 valence electrons. The van der Waals surface area contributed by atoms with E-state index in [-0.39, 0.29) is 5.25 Å². The highest BCUT2D eigenvalue weighted by molar-refractivity contribution is 7.96. The number of sulfone groups is 1. The molecule has 0 spiro atoms. The van der Waals surface area contributed by atoms with Crippen molar-refractivity contribution in [3.05, 3.63) is 35.9 Å². The van der Waals surface area contributed by atoms with Gasteiger partial charge in [-0.15, -0.1) is 0 Å². The molecule has 2 nitrogen and oxygen atoms in total. The molecule has 1 fully saturated rings. The molecule has 14 heavy (non-hydrogen) atoms. The molecule has 1 aliphatic carbocycles. The van der Waals surface area contributed by atoms with Crippen LogP contribution in [0.25, 0.3) is 0 Å². The maximum atomic E-state index is 11.4. The maximum absolute atomic E-state index is 11.4. The molecule has 0 N–H and O–H groups in total. The molecule has 0 bridgehead atoms. The van der Waals surface area contributed by atoms with Crippen molar-refractivity contribution in [3.63, 3.8) is 0 Å². The zero-order chi connectivity index (χ0) is 10.0. The van der Waals surface area contributed by atoms with Gasteiger partial charge < -0.3 is 0 Å². The van der Waals surface area contributed by atoms with Gasteiger partial charge in [0.2, 0.25) is 9.84 Å². The van der Waals surface area contributed by atoms with Crippen molar-refractivity contribution in [2.45, 2.75) is 18.1 Å². The summed E-state index contributed by atoms with van der Waals surface area (Å²) in [5, 5.41) is 2.16. The molecular weight excluding hydrogens is 196 g/mol. The summed E-state index contributed by atoms with van der Waals surface area (Å²) in [6, 6.07) is 9.16. The lowest BCUT2D eigenvalue weighted by Gasteiger charge is -1.89. The Bertz CT molecular complexity index is 473. The second kappa shape index (κ2) is 3.47. The molecule has 0 radical (unpaired) electrons. The molecule has 1 aliphatic rings. The second-order valence-electron chi connectivity index (χ2n) is 3.34. The van der Waals surface area contributed by atoms with Crippen LogP contribution < -0.4 is 0 Å². The molecule has 1 aromatic rings. The molecule has 0 heterocycles. The van der Waals surface area contributed by atoms with Crippen molar-refractivity contribution in [2.24, 2.45) is 0 Å². The summed E-state index contributed by atoms with van der Waals surface area (Å²) >= 11 is 0. The van der Waals surface area contributed by atoms with E-state index in [1.54, 1.807) is 12.1 Å². The molecule has 0 aliphatic heterocycles. The summed E-state index contributed by atoms with van der Waals surface area (Å²) in [5.74, 6) is 2.67. The van der Waals surface area contributed by atoms with Crippen molar-refractivity contribution in [1.29, 1.82) is 0 Å². The van der Waals surface area contributed by atoms with Crippen LogP contribution in [0.2, 0.25) is 0 Å². The SMILES string of the molecule is O=S(=O)(C#Cc1ccccc1)C1CC1. The quantitative estimate of drug-likeness (QED) is 0.654. The van der Waals surface area contributed by atoms with Crippen LogP contribution >= 0.6 is 0 Å². The Morgan fingerprint density at radius 2 is 1.79 bits per heavy atom. The fourth-order valence-electron chi connectivity index (χ4n) is 1.11. The summed E-state index contributed by atoms with van der Waals surface area (Å²) in [6.07, 6.45) is 1.54. The maximum Gasteiger partial charge on any atom is 0.219 e. The van der Waals surface area contributed by atoms with Gasteiger partial charge in [-0.1, -0.05) is 24.1 Å². The van der Waals surface area contributed by atoms with Gasteiger partial charge in [-0.05, 0) is 25.0 Å². The fraction of sp³-hybridized carbons (Fsp3) is 0.273. The van der Waals surface area contributed by atoms with Gasteiger partial charge in [0.25, 0.3) is 0 Å². The number of hydrogen-bond donors (Lipinski definition) is 0. The summed E-state index contributed by atoms with van der Waals surface area (Å²) in [6.45, 7) is 0. The molecule has 0 atom stereocenters. The van der Waals surface area contributed by atoms with Crippen LogP contribution in [0.4, 0.5) is 0 Å². The van der Waals surface area contributed by atoms with Gasteiger partial charge >= 0.3 is 0 Å². The van der Waals surface area contributed by atoms with Crippen LogP contribution in [0.5, 0.6) is 0 Å². The Morgan fingerprint density at radius 1 is 1.14 bits per heavy atom. The smallest absolute Gasteiger partial charge is 0.215 e. The van der Waals surface area contributed by atoms with E-state index in [2.05, 4.69) is 11.2 Å². The molecule has 0 amide bonds. The molecule has 1 saturated carbocycles. The normalized spacial score (nSPS) is 15.7. The third-order valence-electron chi connectivity index (χ3n) is 2.07. The van der Waals surface area contributed by atoms with Crippen LogP contribution in [0.1, 0.15) is 18.4 Å². The Balaban J connectivity index is 2.22. The van der Waals surface area contributed by atoms with Crippen LogP contribution in [0.3, 0.4) is 0 Å². The van der Waals surface area contributed by atoms with E-state index in [1.165, 1.54) is 0 Å². The lowest BCUT2D eigenvalue weighted by molar-refractivity contribution is 0.605. The minimum Gasteiger partial charge on any atom is -0.215 e. The molecule has 0 unspecified atom stereocenters. The van der Waals surface area contributed by atoms with E-state index in [1.807, 2.05) is 18.2 Å². The molecule has 0 aromatic heterocycles. The van der Waals surface area contributed by atoms with Crippen LogP contribution in [0.15, 0.2) is 30.3 Å². The first-order valence-electron chi connectivity index (χ1n) is 4.50. The Morgan fingerprint density at radius 3 is 2.36 bits per heavy atom. The summed E-state index contributed by atoms with van der Waals surface area (Å²) in [7, 11) is -3.15. The van der Waals surface area contributed by atoms with E-state index >= 15 is 0 Å². The summed E-state index contributed by atoms with van der Waals surface area (Å²) < 4.78 is 22.8. The molecule has 3 heteroatoms. The molecule has 1 aromatic carbocycles. The lowest BCUT2D eigenvalue weighted by Crippen LogP contribution is -2.01. The van der Waals surface area contributed by atoms with Gasteiger partial charge in [-0.3, -0.25) is 0 Å². The van der Waals surface area contributed by atoms with E-state index in [4.69, 9.17) is 0 Å². The zero-order valence-corrected chi connectivity index (χ0v) is 8.42. The summed E-state index contributed by atoms with van der Waals surface area (Å²) in [5.41, 5.74) is 0.747. The fourth-order valence-corrected chi connectivity index (χ4v) is 2.30. The lowest BCUT2D eigenvalue weighted by atomic mass is 10.2. The van der Waals surface area contributed by atoms with E-state index < -0.39 is 9.84 Å². The van der Waals surface area contributed by atoms with Gasteiger partial charge in [0.15, 0.2) is 0 Å². The van der Waals surface area contributed by atoms with Crippen LogP contribution in [-0.2, 0) is 9.84 Å². The van der Waals surface area contributed by atoms with Crippen molar-refractivity contribution < 1.29 is 8.42 Å². The largest absolute Gasteiger partial charge is 0.219 e. The average Bonchev–Trinajstić information content (AvgIpc) is 3.00. The van der Waals surface area contributed by atoms with Gasteiger partial charge in [0.1, 0.15) is 0 Å². The average molecular weight is 206 g/mol. The van der Waals surface area contributed by atoms with E-state index in [0.29, 0.717) is 0 Å². The number of benzene rings is 1. The number of rotatable bonds is 1. The minimum absolute atomic E-state index is 0.196. The minimum atomic E-state index is -3.15. The van der Waals surface area contributed by atoms with Crippen LogP contribution in [0, 0.1) is 11.2 Å². The Labute approximate surface area is 83.9 Å². The third-order valence-corrected chi connectivity index (χ3v) is 3.81. The van der Waals surface area contributed by atoms with Gasteiger partial charge in [-0.2, -0.15) is 0 Å². The Kier molecular flexibility index (Phi) is 2.30. The first-order chi connectivity index (χ1) is 6.68. The first kappa shape index (κ1) is 9.29. The topological polar surface area (TPSA) is 34.1 Å². The van der Waals surface area contributed by atoms with Crippen molar-refractivity contribution in [3.8, 4) is 11.2 Å². The predicted octanol–water partition coefficient (Wildman–Crippen LogP) is 1.57. The highest BCUT2D eigenvalue weighted by atomic mass is 32.2. The second-order valence-corrected chi connectivity index (χ2v) is 5.30. The Hall–Kier alpha value is -1.27. The van der Waals surface area contributed by atoms with E-state index in [9.17, 15) is 8.42 Å². The van der Waals surface area contributed by atoms with Crippen molar-refractivity contribution in [2.75, 3.05) is 0 Å². The highest BCUT2D eigenvalue weighted by Gasteiger charge is 2.34. The van der Waals surface area contributed by atoms with Gasteiger partial charge in [0, 0.05) is 10.8 Å².